The summed E-state index contributed by atoms with van der Waals surface area (Å²) >= 11 is 0. The topological polar surface area (TPSA) is 63.6 Å². The van der Waals surface area contributed by atoms with Gasteiger partial charge in [0.1, 0.15) is 0 Å². The highest BCUT2D eigenvalue weighted by Crippen LogP contribution is 1.87. The Morgan fingerprint density at radius 1 is 1.70 bits per heavy atom. The van der Waals surface area contributed by atoms with Gasteiger partial charge in [-0.1, -0.05) is 6.58 Å². The Morgan fingerprint density at radius 3 is 2.00 bits per heavy atom. The first kappa shape index (κ1) is 11.5. The van der Waals surface area contributed by atoms with Crippen molar-refractivity contribution in [1.82, 2.24) is 0 Å². The monoisotopic (exact) mass is 146 g/mol. The van der Waals surface area contributed by atoms with Gasteiger partial charge >= 0.3 is 5.97 Å². The number of carbonyl (C=O) groups is 2. The van der Waals surface area contributed by atoms with E-state index in [-0.39, 0.29) is 12.4 Å². The number of hydrogen-bond donors (Lipinski definition) is 1. The summed E-state index contributed by atoms with van der Waals surface area (Å²) in [4.78, 5) is 18.6. The molecule has 58 valence electrons. The average molecular weight is 146 g/mol. The summed E-state index contributed by atoms with van der Waals surface area (Å²) < 4.78 is 4.27. The summed E-state index contributed by atoms with van der Waals surface area (Å²) in [5.41, 5.74) is 0.433. The Bertz CT molecular complexity index is 128. The molecule has 0 aliphatic carbocycles. The van der Waals surface area contributed by atoms with Crippen molar-refractivity contribution in [3.63, 3.8) is 0 Å². The molecule has 0 spiro atoms. The highest BCUT2D eigenvalue weighted by atomic mass is 16.5. The van der Waals surface area contributed by atoms with Gasteiger partial charge in [0, 0.05) is 5.57 Å². The maximum atomic E-state index is 10.2. The first-order valence-electron chi connectivity index (χ1n) is 2.41. The number of ether oxygens (including phenoxy) is 1. The predicted octanol–water partition coefficient (Wildman–Crippen LogP) is 0.436. The van der Waals surface area contributed by atoms with Gasteiger partial charge in [0.05, 0.1) is 7.11 Å². The lowest BCUT2D eigenvalue weighted by Crippen LogP contribution is -1.98. The van der Waals surface area contributed by atoms with E-state index in [0.29, 0.717) is 5.57 Å². The minimum Gasteiger partial charge on any atom is -0.483 e. The van der Waals surface area contributed by atoms with Gasteiger partial charge < -0.3 is 9.84 Å². The molecule has 0 amide bonds. The number of carboxylic acid groups (broad SMARTS) is 1. The molecule has 0 aromatic heterocycles. The first-order valence-corrected chi connectivity index (χ1v) is 2.41. The van der Waals surface area contributed by atoms with E-state index in [1.165, 1.54) is 7.11 Å². The first-order chi connectivity index (χ1) is 4.59. The molecule has 1 N–H and O–H groups in total. The average Bonchev–Trinajstić information content (AvgIpc) is 1.88. The van der Waals surface area contributed by atoms with Crippen molar-refractivity contribution < 1.29 is 19.4 Å². The van der Waals surface area contributed by atoms with Gasteiger partial charge in [-0.05, 0) is 6.92 Å². The Balaban J connectivity index is 0. The lowest BCUT2D eigenvalue weighted by molar-refractivity contribution is -0.136. The number of hydrogen-bond acceptors (Lipinski definition) is 3. The highest BCUT2D eigenvalue weighted by molar-refractivity contribution is 5.86. The Kier molecular flexibility index (Phi) is 8.81. The van der Waals surface area contributed by atoms with Crippen LogP contribution in [0.3, 0.4) is 0 Å². The normalized spacial score (nSPS) is 6.60. The molecule has 4 heteroatoms. The summed E-state index contributed by atoms with van der Waals surface area (Å²) in [6.07, 6.45) is 0. The zero-order valence-corrected chi connectivity index (χ0v) is 5.96. The molecule has 0 aromatic carbocycles. The summed E-state index contributed by atoms with van der Waals surface area (Å²) in [7, 11) is 1.33. The molecule has 4 nitrogen and oxygen atoms in total. The highest BCUT2D eigenvalue weighted by Gasteiger charge is 1.95. The van der Waals surface area contributed by atoms with E-state index in [1.54, 1.807) is 6.92 Å². The molecule has 0 aromatic rings. The number of carbonyl (C=O) groups excluding carboxylic acids is 1. The molecule has 0 saturated carbocycles. The van der Waals surface area contributed by atoms with E-state index >= 15 is 0 Å². The molecule has 0 atom stereocenters. The maximum Gasteiger partial charge on any atom is 0.332 e. The van der Waals surface area contributed by atoms with E-state index in [1.807, 2.05) is 0 Å². The second kappa shape index (κ2) is 7.68. The minimum absolute atomic E-state index is 0.250. The van der Waals surface area contributed by atoms with Crippen LogP contribution in [0.25, 0.3) is 0 Å². The third-order valence-electron chi connectivity index (χ3n) is 0.534. The molecule has 0 heterocycles. The zero-order valence-electron chi connectivity index (χ0n) is 5.96. The van der Waals surface area contributed by atoms with Crippen LogP contribution in [0.15, 0.2) is 12.2 Å². The fraction of sp³-hybridized carbons (Fsp3) is 0.333. The maximum absolute atomic E-state index is 10.2. The molecule has 0 rings (SSSR count). The summed E-state index contributed by atoms with van der Waals surface area (Å²) in [6, 6.07) is 0. The van der Waals surface area contributed by atoms with Crippen molar-refractivity contribution in [3.05, 3.63) is 12.2 Å². The molecule has 10 heavy (non-hydrogen) atoms. The van der Waals surface area contributed by atoms with Crippen LogP contribution in [0.4, 0.5) is 0 Å². The fourth-order valence-corrected chi connectivity index (χ4v) is 0.174. The molecular weight excluding hydrogens is 136 g/mol. The van der Waals surface area contributed by atoms with Gasteiger partial charge in [0.2, 0.25) is 0 Å². The minimum atomic E-state index is -0.347. The van der Waals surface area contributed by atoms with Crippen LogP contribution in [-0.2, 0) is 14.3 Å². The third kappa shape index (κ3) is 9.84. The van der Waals surface area contributed by atoms with Gasteiger partial charge in [-0.25, -0.2) is 4.79 Å². The molecule has 0 aliphatic rings. The van der Waals surface area contributed by atoms with Gasteiger partial charge in [0.25, 0.3) is 6.47 Å². The lowest BCUT2D eigenvalue weighted by Gasteiger charge is -1.91. The summed E-state index contributed by atoms with van der Waals surface area (Å²) in [5.74, 6) is -0.347. The van der Waals surface area contributed by atoms with Gasteiger partial charge in [-0.3, -0.25) is 4.79 Å². The largest absolute Gasteiger partial charge is 0.483 e. The lowest BCUT2D eigenvalue weighted by atomic mass is 10.4. The molecular formula is C6H10O4. The van der Waals surface area contributed by atoms with Gasteiger partial charge in [0.15, 0.2) is 0 Å². The molecule has 0 aliphatic heterocycles. The second-order valence-electron chi connectivity index (χ2n) is 1.38. The van der Waals surface area contributed by atoms with Crippen LogP contribution >= 0.6 is 0 Å². The fourth-order valence-electron chi connectivity index (χ4n) is 0.174. The van der Waals surface area contributed by atoms with Crippen molar-refractivity contribution in [2.45, 2.75) is 6.92 Å². The predicted molar refractivity (Wildman–Crippen MR) is 35.5 cm³/mol. The van der Waals surface area contributed by atoms with Gasteiger partial charge in [-0.2, -0.15) is 0 Å². The van der Waals surface area contributed by atoms with E-state index in [9.17, 15) is 4.79 Å². The Labute approximate surface area is 59.1 Å². The van der Waals surface area contributed by atoms with Crippen LogP contribution in [0.1, 0.15) is 6.92 Å². The smallest absolute Gasteiger partial charge is 0.332 e. The zero-order chi connectivity index (χ0) is 8.57. The SMILES string of the molecule is C=C(C)C(=O)OC.O=CO. The van der Waals surface area contributed by atoms with Crippen molar-refractivity contribution in [2.24, 2.45) is 0 Å². The standard InChI is InChI=1S/C5H8O2.CH2O2/c1-4(2)5(6)7-3;2-1-3/h1H2,2-3H3;1H,(H,2,3). The van der Waals surface area contributed by atoms with E-state index in [2.05, 4.69) is 11.3 Å². The van der Waals surface area contributed by atoms with Crippen molar-refractivity contribution in [1.29, 1.82) is 0 Å². The molecule has 0 bridgehead atoms. The van der Waals surface area contributed by atoms with E-state index in [4.69, 9.17) is 9.90 Å². The van der Waals surface area contributed by atoms with Crippen molar-refractivity contribution in [2.75, 3.05) is 7.11 Å². The molecule has 0 saturated heterocycles. The molecule has 0 unspecified atom stereocenters. The number of esters is 1. The van der Waals surface area contributed by atoms with Crippen molar-refractivity contribution >= 4 is 12.4 Å². The Morgan fingerprint density at radius 2 is 2.00 bits per heavy atom. The quantitative estimate of drug-likeness (QED) is 0.331. The van der Waals surface area contributed by atoms with Crippen LogP contribution in [0, 0.1) is 0 Å². The molecule has 0 fully saturated rings. The van der Waals surface area contributed by atoms with Crippen LogP contribution < -0.4 is 0 Å². The Hall–Kier alpha value is -1.32. The van der Waals surface area contributed by atoms with E-state index < -0.39 is 0 Å². The van der Waals surface area contributed by atoms with Crippen LogP contribution in [0.2, 0.25) is 0 Å². The third-order valence-corrected chi connectivity index (χ3v) is 0.534. The van der Waals surface area contributed by atoms with Crippen molar-refractivity contribution in [3.8, 4) is 0 Å². The second-order valence-corrected chi connectivity index (χ2v) is 1.38. The summed E-state index contributed by atoms with van der Waals surface area (Å²) in [6.45, 7) is 4.70. The number of rotatable bonds is 1. The molecule has 0 radical (unpaired) electrons. The van der Waals surface area contributed by atoms with Gasteiger partial charge in [-0.15, -0.1) is 0 Å². The number of methoxy groups -OCH3 is 1. The van der Waals surface area contributed by atoms with Crippen LogP contribution in [0.5, 0.6) is 0 Å². The van der Waals surface area contributed by atoms with E-state index in [0.717, 1.165) is 0 Å². The van der Waals surface area contributed by atoms with Crippen LogP contribution in [-0.4, -0.2) is 24.7 Å². The summed E-state index contributed by atoms with van der Waals surface area (Å²) in [5, 5.41) is 6.89.